The van der Waals surface area contributed by atoms with Crippen LogP contribution in [0.1, 0.15) is 0 Å². The highest BCUT2D eigenvalue weighted by atomic mass is 32.2. The van der Waals surface area contributed by atoms with Crippen LogP contribution in [0.4, 0.5) is 27.5 Å². The average molecular weight is 336 g/mol. The van der Waals surface area contributed by atoms with Crippen LogP contribution in [-0.4, -0.2) is 19.7 Å². The van der Waals surface area contributed by atoms with E-state index < -0.39 is 22.2 Å². The maximum atomic E-state index is 11.8. The number of non-ortho nitro benzene ring substituents is 1. The van der Waals surface area contributed by atoms with E-state index in [4.69, 9.17) is 4.55 Å². The lowest BCUT2D eigenvalue weighted by atomic mass is 10.3. The molecule has 0 aliphatic rings. The van der Waals surface area contributed by atoms with Gasteiger partial charge < -0.3 is 10.6 Å². The number of nitrogens with one attached hydrogen (secondary N) is 3. The number of nitro groups is 1. The Morgan fingerprint density at radius 3 is 2.26 bits per heavy atom. The largest absolute Gasteiger partial charge is 0.323 e. The van der Waals surface area contributed by atoms with Crippen molar-refractivity contribution in [3.63, 3.8) is 0 Å². The molecule has 23 heavy (non-hydrogen) atoms. The Bertz CT molecular complexity index is 750. The maximum Gasteiger partial charge on any atom is 0.323 e. The van der Waals surface area contributed by atoms with Crippen LogP contribution in [0.25, 0.3) is 0 Å². The predicted octanol–water partition coefficient (Wildman–Crippen LogP) is 2.79. The number of carbonyl (C=O) groups is 1. The minimum absolute atomic E-state index is 0.129. The van der Waals surface area contributed by atoms with Crippen LogP contribution >= 0.6 is 0 Å². The van der Waals surface area contributed by atoms with Gasteiger partial charge in [0.25, 0.3) is 17.0 Å². The Labute approximate surface area is 133 Å². The van der Waals surface area contributed by atoms with Crippen LogP contribution in [0.2, 0.25) is 0 Å². The van der Waals surface area contributed by atoms with Gasteiger partial charge in [-0.1, -0.05) is 6.07 Å². The Kier molecular flexibility index (Phi) is 5.23. The van der Waals surface area contributed by atoms with Crippen LogP contribution < -0.4 is 15.4 Å². The molecule has 1 unspecified atom stereocenters. The van der Waals surface area contributed by atoms with E-state index in [1.165, 1.54) is 48.5 Å². The first-order valence-electron chi connectivity index (χ1n) is 6.24. The molecule has 0 bridgehead atoms. The van der Waals surface area contributed by atoms with Crippen molar-refractivity contribution in [3.05, 3.63) is 58.6 Å². The lowest BCUT2D eigenvalue weighted by molar-refractivity contribution is -0.384. The third-order valence-corrected chi connectivity index (χ3v) is 3.07. The van der Waals surface area contributed by atoms with Crippen LogP contribution in [0.5, 0.6) is 0 Å². The molecule has 10 heteroatoms. The van der Waals surface area contributed by atoms with E-state index in [1.54, 1.807) is 0 Å². The minimum atomic E-state index is -2.17. The molecule has 0 saturated heterocycles. The summed E-state index contributed by atoms with van der Waals surface area (Å²) in [4.78, 5) is 21.9. The van der Waals surface area contributed by atoms with E-state index >= 15 is 0 Å². The molecule has 0 radical (unpaired) electrons. The molecule has 0 spiro atoms. The van der Waals surface area contributed by atoms with Gasteiger partial charge in [-0.05, 0) is 30.3 Å². The molecule has 0 aromatic heterocycles. The standard InChI is InChI=1S/C13H12N4O5S/c18-13(15-11-2-1-3-12(8-11)17(19)20)14-9-4-6-10(7-5-9)16-23(21)22/h1-8,16H,(H,21,22)(H2,14,15,18). The zero-order valence-corrected chi connectivity index (χ0v) is 12.4. The molecule has 2 aromatic rings. The van der Waals surface area contributed by atoms with Gasteiger partial charge in [-0.25, -0.2) is 9.00 Å². The van der Waals surface area contributed by atoms with Crippen molar-refractivity contribution in [2.75, 3.05) is 15.4 Å². The molecule has 0 aliphatic carbocycles. The lowest BCUT2D eigenvalue weighted by Gasteiger charge is -2.08. The molecule has 0 aliphatic heterocycles. The lowest BCUT2D eigenvalue weighted by Crippen LogP contribution is -2.19. The fourth-order valence-electron chi connectivity index (χ4n) is 1.71. The molecule has 2 rings (SSSR count). The van der Waals surface area contributed by atoms with Gasteiger partial charge in [0.15, 0.2) is 0 Å². The number of anilines is 3. The number of nitrogens with zero attached hydrogens (tertiary/aromatic N) is 1. The molecule has 120 valence electrons. The van der Waals surface area contributed by atoms with Crippen molar-refractivity contribution >= 4 is 40.0 Å². The summed E-state index contributed by atoms with van der Waals surface area (Å²) >= 11 is -2.17. The second kappa shape index (κ2) is 7.33. The highest BCUT2D eigenvalue weighted by Gasteiger charge is 2.08. The SMILES string of the molecule is O=C(Nc1ccc(NS(=O)O)cc1)Nc1cccc([N+](=O)[O-])c1. The van der Waals surface area contributed by atoms with Gasteiger partial charge >= 0.3 is 6.03 Å². The molecule has 2 aromatic carbocycles. The van der Waals surface area contributed by atoms with Gasteiger partial charge in [0, 0.05) is 29.2 Å². The van der Waals surface area contributed by atoms with E-state index in [2.05, 4.69) is 15.4 Å². The van der Waals surface area contributed by atoms with Gasteiger partial charge in [-0.2, -0.15) is 0 Å². The molecule has 2 amide bonds. The van der Waals surface area contributed by atoms with Gasteiger partial charge in [-0.15, -0.1) is 0 Å². The Balaban J connectivity index is 1.98. The molecule has 9 nitrogen and oxygen atoms in total. The monoisotopic (exact) mass is 336 g/mol. The van der Waals surface area contributed by atoms with Gasteiger partial charge in [0.05, 0.1) is 4.92 Å². The smallest absolute Gasteiger partial charge is 0.308 e. The topological polar surface area (TPSA) is 134 Å². The zero-order chi connectivity index (χ0) is 16.8. The van der Waals surface area contributed by atoms with E-state index in [9.17, 15) is 19.1 Å². The molecular weight excluding hydrogens is 324 g/mol. The minimum Gasteiger partial charge on any atom is -0.308 e. The van der Waals surface area contributed by atoms with Crippen molar-refractivity contribution in [2.24, 2.45) is 0 Å². The summed E-state index contributed by atoms with van der Waals surface area (Å²) in [6.07, 6.45) is 0. The zero-order valence-electron chi connectivity index (χ0n) is 11.6. The number of urea groups is 1. The van der Waals surface area contributed by atoms with Crippen LogP contribution in [0, 0.1) is 10.1 Å². The molecule has 4 N–H and O–H groups in total. The Morgan fingerprint density at radius 2 is 1.65 bits per heavy atom. The van der Waals surface area contributed by atoms with Gasteiger partial charge in [0.2, 0.25) is 0 Å². The van der Waals surface area contributed by atoms with Crippen molar-refractivity contribution in [3.8, 4) is 0 Å². The summed E-state index contributed by atoms with van der Waals surface area (Å²) < 4.78 is 21.5. The first kappa shape index (κ1) is 16.4. The van der Waals surface area contributed by atoms with Crippen LogP contribution in [0.3, 0.4) is 0 Å². The fraction of sp³-hybridized carbons (Fsp3) is 0. The second-order valence-electron chi connectivity index (χ2n) is 4.32. The number of nitro benzene ring substituents is 1. The first-order chi connectivity index (χ1) is 10.9. The normalized spacial score (nSPS) is 11.3. The maximum absolute atomic E-state index is 11.8. The van der Waals surface area contributed by atoms with Gasteiger partial charge in [-0.3, -0.25) is 19.4 Å². The first-order valence-corrected chi connectivity index (χ1v) is 7.35. The molecule has 0 heterocycles. The van der Waals surface area contributed by atoms with Crippen molar-refractivity contribution in [1.82, 2.24) is 0 Å². The van der Waals surface area contributed by atoms with E-state index in [0.717, 1.165) is 0 Å². The Hall–Kier alpha value is -2.98. The molecule has 0 saturated carbocycles. The third kappa shape index (κ3) is 5.05. The van der Waals surface area contributed by atoms with E-state index in [0.29, 0.717) is 11.4 Å². The number of rotatable bonds is 5. The number of carbonyl (C=O) groups excluding carboxylic acids is 1. The predicted molar refractivity (Wildman–Crippen MR) is 86.6 cm³/mol. The van der Waals surface area contributed by atoms with Crippen molar-refractivity contribution in [1.29, 1.82) is 0 Å². The summed E-state index contributed by atoms with van der Waals surface area (Å²) in [6, 6.07) is 11.1. The van der Waals surface area contributed by atoms with Crippen LogP contribution in [0.15, 0.2) is 48.5 Å². The summed E-state index contributed by atoms with van der Waals surface area (Å²) in [5, 5.41) is 15.7. The number of amides is 2. The van der Waals surface area contributed by atoms with Crippen molar-refractivity contribution in [2.45, 2.75) is 0 Å². The highest BCUT2D eigenvalue weighted by molar-refractivity contribution is 7.80. The highest BCUT2D eigenvalue weighted by Crippen LogP contribution is 2.18. The quantitative estimate of drug-likeness (QED) is 0.378. The summed E-state index contributed by atoms with van der Waals surface area (Å²) in [6.45, 7) is 0. The summed E-state index contributed by atoms with van der Waals surface area (Å²) in [5.74, 6) is 0. The second-order valence-corrected chi connectivity index (χ2v) is 5.02. The third-order valence-electron chi connectivity index (χ3n) is 2.66. The molecule has 0 fully saturated rings. The average Bonchev–Trinajstić information content (AvgIpc) is 2.49. The number of hydrogen-bond donors (Lipinski definition) is 4. The van der Waals surface area contributed by atoms with E-state index in [-0.39, 0.29) is 11.4 Å². The van der Waals surface area contributed by atoms with Crippen LogP contribution in [-0.2, 0) is 11.3 Å². The van der Waals surface area contributed by atoms with E-state index in [1.807, 2.05) is 0 Å². The molecular formula is C13H12N4O5S. The number of benzene rings is 2. The summed E-state index contributed by atoms with van der Waals surface area (Å²) in [5.41, 5.74) is 1.01. The Morgan fingerprint density at radius 1 is 1.04 bits per heavy atom. The number of hydrogen-bond acceptors (Lipinski definition) is 4. The van der Waals surface area contributed by atoms with Gasteiger partial charge in [0.1, 0.15) is 0 Å². The summed E-state index contributed by atoms with van der Waals surface area (Å²) in [7, 11) is 0. The van der Waals surface area contributed by atoms with Crippen molar-refractivity contribution < 1.29 is 18.5 Å². The molecule has 1 atom stereocenters. The fourth-order valence-corrected chi connectivity index (χ4v) is 2.05.